The number of nitrogens with zero attached hydrogens (tertiary/aromatic N) is 4. The number of carboxylic acids is 1. The maximum atomic E-state index is 12.3. The number of hydrogen-bond acceptors (Lipinski definition) is 6. The molecule has 0 fully saturated rings. The van der Waals surface area contributed by atoms with Crippen molar-refractivity contribution in [2.24, 2.45) is 5.92 Å². The van der Waals surface area contributed by atoms with Crippen molar-refractivity contribution in [3.8, 4) is 5.69 Å². The van der Waals surface area contributed by atoms with Crippen molar-refractivity contribution in [1.29, 1.82) is 0 Å². The number of rotatable bonds is 8. The molecule has 0 aliphatic rings. The molecular formula is C21H23N5O5. The van der Waals surface area contributed by atoms with Gasteiger partial charge in [-0.05, 0) is 23.6 Å². The van der Waals surface area contributed by atoms with Crippen LogP contribution in [-0.2, 0) is 22.5 Å². The van der Waals surface area contributed by atoms with Crippen molar-refractivity contribution in [1.82, 2.24) is 19.6 Å². The molecule has 3 aromatic rings. The minimum atomic E-state index is -1.01. The van der Waals surface area contributed by atoms with Crippen LogP contribution in [-0.4, -0.2) is 43.3 Å². The van der Waals surface area contributed by atoms with E-state index in [0.29, 0.717) is 23.7 Å². The van der Waals surface area contributed by atoms with Crippen molar-refractivity contribution in [3.05, 3.63) is 70.4 Å². The van der Waals surface area contributed by atoms with Gasteiger partial charge in [0.15, 0.2) is 0 Å². The number of anilines is 1. The standard InChI is InChI=1S/C21H23N5O5/c1-14(2)13-31-21(30)23-16-5-3-4-15(8-16)9-18-19(27)6-7-26(24-18)17-10-22-25(11-17)12-20(28)29/h3-8,10-11,14H,9,12-13H2,1-2H3,(H,23,30)(H,28,29). The van der Waals surface area contributed by atoms with Crippen LogP contribution in [0.2, 0.25) is 0 Å². The van der Waals surface area contributed by atoms with E-state index in [1.54, 1.807) is 18.2 Å². The fourth-order valence-electron chi connectivity index (χ4n) is 2.76. The Balaban J connectivity index is 1.75. The minimum Gasteiger partial charge on any atom is -0.480 e. The summed E-state index contributed by atoms with van der Waals surface area (Å²) in [5.41, 5.74) is 1.94. The van der Waals surface area contributed by atoms with Gasteiger partial charge in [0.05, 0.1) is 19.0 Å². The Bertz CT molecular complexity index is 1130. The van der Waals surface area contributed by atoms with E-state index < -0.39 is 12.1 Å². The van der Waals surface area contributed by atoms with Crippen LogP contribution in [0.1, 0.15) is 25.1 Å². The van der Waals surface area contributed by atoms with Gasteiger partial charge in [-0.2, -0.15) is 10.2 Å². The fraction of sp³-hybridized carbons (Fsp3) is 0.286. The van der Waals surface area contributed by atoms with Crippen LogP contribution in [0, 0.1) is 5.92 Å². The molecule has 10 nitrogen and oxygen atoms in total. The zero-order valence-corrected chi connectivity index (χ0v) is 17.2. The van der Waals surface area contributed by atoms with Gasteiger partial charge in [0.2, 0.25) is 5.43 Å². The summed E-state index contributed by atoms with van der Waals surface area (Å²) < 4.78 is 7.85. The molecule has 3 rings (SSSR count). The lowest BCUT2D eigenvalue weighted by atomic mass is 10.1. The van der Waals surface area contributed by atoms with Crippen molar-refractivity contribution in [3.63, 3.8) is 0 Å². The predicted octanol–water partition coefficient (Wildman–Crippen LogP) is 2.31. The Kier molecular flexibility index (Phi) is 6.81. The van der Waals surface area contributed by atoms with E-state index in [4.69, 9.17) is 9.84 Å². The lowest BCUT2D eigenvalue weighted by molar-refractivity contribution is -0.137. The van der Waals surface area contributed by atoms with Crippen LogP contribution in [0.3, 0.4) is 0 Å². The second-order valence-corrected chi connectivity index (χ2v) is 7.36. The largest absolute Gasteiger partial charge is 0.480 e. The Labute approximate surface area is 178 Å². The topological polar surface area (TPSA) is 128 Å². The van der Waals surface area contributed by atoms with Gasteiger partial charge in [-0.3, -0.25) is 19.6 Å². The molecule has 2 aromatic heterocycles. The van der Waals surface area contributed by atoms with Crippen molar-refractivity contribution in [2.45, 2.75) is 26.8 Å². The second-order valence-electron chi connectivity index (χ2n) is 7.36. The van der Waals surface area contributed by atoms with Crippen LogP contribution in [0.15, 0.2) is 53.7 Å². The molecule has 1 amide bonds. The number of aromatic nitrogens is 4. The Morgan fingerprint density at radius 1 is 1.26 bits per heavy atom. The molecule has 31 heavy (non-hydrogen) atoms. The molecule has 0 saturated carbocycles. The molecule has 0 radical (unpaired) electrons. The molecule has 0 spiro atoms. The highest BCUT2D eigenvalue weighted by Crippen LogP contribution is 2.14. The molecule has 2 N–H and O–H groups in total. The van der Waals surface area contributed by atoms with Gasteiger partial charge < -0.3 is 9.84 Å². The molecule has 0 unspecified atom stereocenters. The average molecular weight is 425 g/mol. The molecule has 0 saturated heterocycles. The Hall–Kier alpha value is -3.95. The number of aliphatic carboxylic acids is 1. The first-order valence-electron chi connectivity index (χ1n) is 9.66. The van der Waals surface area contributed by atoms with Crippen molar-refractivity contribution >= 4 is 17.7 Å². The molecular weight excluding hydrogens is 402 g/mol. The van der Waals surface area contributed by atoms with Crippen molar-refractivity contribution in [2.75, 3.05) is 11.9 Å². The average Bonchev–Trinajstić information content (AvgIpc) is 3.16. The molecule has 10 heteroatoms. The monoisotopic (exact) mass is 425 g/mol. The van der Waals surface area contributed by atoms with E-state index in [1.807, 2.05) is 19.9 Å². The third-order valence-electron chi connectivity index (χ3n) is 4.15. The third-order valence-corrected chi connectivity index (χ3v) is 4.15. The summed E-state index contributed by atoms with van der Waals surface area (Å²) in [5.74, 6) is -0.774. The number of amides is 1. The number of carbonyl (C=O) groups is 2. The number of benzene rings is 1. The van der Waals surface area contributed by atoms with Crippen LogP contribution in [0.4, 0.5) is 10.5 Å². The highest BCUT2D eigenvalue weighted by atomic mass is 16.5. The van der Waals surface area contributed by atoms with Gasteiger partial charge in [0.25, 0.3) is 0 Å². The fourth-order valence-corrected chi connectivity index (χ4v) is 2.76. The first kappa shape index (κ1) is 21.8. The second kappa shape index (κ2) is 9.70. The summed E-state index contributed by atoms with van der Waals surface area (Å²) in [6.07, 6.45) is 4.21. The number of carbonyl (C=O) groups excluding carboxylic acids is 1. The first-order chi connectivity index (χ1) is 14.8. The lowest BCUT2D eigenvalue weighted by Gasteiger charge is -2.10. The summed E-state index contributed by atoms with van der Waals surface area (Å²) in [6.45, 7) is 3.95. The number of ether oxygens (including phenoxy) is 1. The number of nitrogens with one attached hydrogen (secondary N) is 1. The number of hydrogen-bond donors (Lipinski definition) is 2. The van der Waals surface area contributed by atoms with Gasteiger partial charge in [0, 0.05) is 24.4 Å². The molecule has 2 heterocycles. The van der Waals surface area contributed by atoms with E-state index in [0.717, 1.165) is 5.56 Å². The van der Waals surface area contributed by atoms with E-state index in [2.05, 4.69) is 15.5 Å². The predicted molar refractivity (Wildman–Crippen MR) is 112 cm³/mol. The smallest absolute Gasteiger partial charge is 0.411 e. The summed E-state index contributed by atoms with van der Waals surface area (Å²) in [4.78, 5) is 35.0. The first-order valence-corrected chi connectivity index (χ1v) is 9.66. The van der Waals surface area contributed by atoms with Gasteiger partial charge in [-0.15, -0.1) is 0 Å². The quantitative estimate of drug-likeness (QED) is 0.567. The van der Waals surface area contributed by atoms with Gasteiger partial charge in [0.1, 0.15) is 17.9 Å². The van der Waals surface area contributed by atoms with Crippen LogP contribution >= 0.6 is 0 Å². The summed E-state index contributed by atoms with van der Waals surface area (Å²) in [7, 11) is 0. The minimum absolute atomic E-state index is 0.233. The van der Waals surface area contributed by atoms with Gasteiger partial charge >= 0.3 is 12.1 Å². The maximum Gasteiger partial charge on any atom is 0.411 e. The SMILES string of the molecule is CC(C)COC(=O)Nc1cccc(Cc2nn(-c3cnn(CC(=O)O)c3)ccc2=O)c1. The summed E-state index contributed by atoms with van der Waals surface area (Å²) in [6, 6.07) is 8.47. The van der Waals surface area contributed by atoms with E-state index in [1.165, 1.54) is 34.0 Å². The molecule has 1 aromatic carbocycles. The molecule has 0 aliphatic carbocycles. The van der Waals surface area contributed by atoms with Crippen LogP contribution < -0.4 is 10.7 Å². The number of carboxylic acid groups (broad SMARTS) is 1. The molecule has 0 atom stereocenters. The highest BCUT2D eigenvalue weighted by molar-refractivity contribution is 5.84. The zero-order chi connectivity index (χ0) is 22.4. The third kappa shape index (κ3) is 6.26. The molecule has 0 aliphatic heterocycles. The van der Waals surface area contributed by atoms with Crippen molar-refractivity contribution < 1.29 is 19.4 Å². The maximum absolute atomic E-state index is 12.3. The van der Waals surface area contributed by atoms with Gasteiger partial charge in [-0.25, -0.2) is 9.48 Å². The van der Waals surface area contributed by atoms with Crippen LogP contribution in [0.25, 0.3) is 5.69 Å². The lowest BCUT2D eigenvalue weighted by Crippen LogP contribution is -2.17. The van der Waals surface area contributed by atoms with E-state index in [9.17, 15) is 14.4 Å². The molecule has 162 valence electrons. The summed E-state index contributed by atoms with van der Waals surface area (Å²) in [5, 5.41) is 19.9. The Morgan fingerprint density at radius 3 is 2.81 bits per heavy atom. The summed E-state index contributed by atoms with van der Waals surface area (Å²) >= 11 is 0. The van der Waals surface area contributed by atoms with E-state index in [-0.39, 0.29) is 24.3 Å². The van der Waals surface area contributed by atoms with E-state index >= 15 is 0 Å². The van der Waals surface area contributed by atoms with Crippen LogP contribution in [0.5, 0.6) is 0 Å². The Morgan fingerprint density at radius 2 is 2.06 bits per heavy atom. The zero-order valence-electron chi connectivity index (χ0n) is 17.2. The normalized spacial score (nSPS) is 10.8. The highest BCUT2D eigenvalue weighted by Gasteiger charge is 2.10. The molecule has 0 bridgehead atoms. The van der Waals surface area contributed by atoms with Gasteiger partial charge in [-0.1, -0.05) is 26.0 Å².